The van der Waals surface area contributed by atoms with Gasteiger partial charge in [0.1, 0.15) is 0 Å². The van der Waals surface area contributed by atoms with E-state index in [0.717, 1.165) is 48.8 Å². The van der Waals surface area contributed by atoms with Crippen LogP contribution in [0.15, 0.2) is 29.1 Å². The molecule has 0 amide bonds. The van der Waals surface area contributed by atoms with Crippen molar-refractivity contribution in [2.45, 2.75) is 38.6 Å². The van der Waals surface area contributed by atoms with Gasteiger partial charge in [-0.05, 0) is 49.7 Å². The van der Waals surface area contributed by atoms with E-state index in [-0.39, 0.29) is 5.69 Å². The second-order valence-corrected chi connectivity index (χ2v) is 7.29. The Morgan fingerprint density at radius 2 is 1.91 bits per heavy atom. The lowest BCUT2D eigenvalue weighted by Crippen LogP contribution is -2.41. The average Bonchev–Trinajstić information content (AvgIpc) is 2.82. The Labute approximate surface area is 131 Å². The lowest BCUT2D eigenvalue weighted by Gasteiger charge is -2.39. The van der Waals surface area contributed by atoms with Gasteiger partial charge in [0.25, 0.3) is 0 Å². The number of fused-ring (bicyclic) bond motifs is 1. The molecule has 2 aromatic rings. The number of likely N-dealkylation sites (tertiary alicyclic amines) is 1. The molecule has 1 saturated heterocycles. The number of nitrogens with one attached hydrogen (secondary N) is 1. The van der Waals surface area contributed by atoms with Crippen LogP contribution in [-0.4, -0.2) is 34.1 Å². The zero-order valence-corrected chi connectivity index (χ0v) is 13.3. The number of hydrogen-bond donors (Lipinski definition) is 1. The Morgan fingerprint density at radius 1 is 1.18 bits per heavy atom. The fourth-order valence-electron chi connectivity index (χ4n) is 4.38. The SMILES string of the molecule is CC1CC(CN2CCC(n3c(=O)[nH]c4ccccc43)CC2)C1. The van der Waals surface area contributed by atoms with Crippen LogP contribution in [0.3, 0.4) is 0 Å². The first-order valence-corrected chi connectivity index (χ1v) is 8.62. The van der Waals surface area contributed by atoms with Crippen LogP contribution in [-0.2, 0) is 0 Å². The minimum atomic E-state index is 0.0486. The third-order valence-electron chi connectivity index (χ3n) is 5.53. The van der Waals surface area contributed by atoms with Crippen LogP contribution in [0, 0.1) is 11.8 Å². The zero-order chi connectivity index (χ0) is 15.1. The van der Waals surface area contributed by atoms with Gasteiger partial charge in [-0.2, -0.15) is 0 Å². The summed E-state index contributed by atoms with van der Waals surface area (Å²) >= 11 is 0. The van der Waals surface area contributed by atoms with Crippen LogP contribution >= 0.6 is 0 Å². The number of imidazole rings is 1. The summed E-state index contributed by atoms with van der Waals surface area (Å²) in [4.78, 5) is 17.9. The first-order valence-electron chi connectivity index (χ1n) is 8.62. The van der Waals surface area contributed by atoms with Crippen molar-refractivity contribution < 1.29 is 0 Å². The summed E-state index contributed by atoms with van der Waals surface area (Å²) in [5.74, 6) is 1.86. The molecular weight excluding hydrogens is 274 g/mol. The summed E-state index contributed by atoms with van der Waals surface area (Å²) < 4.78 is 1.98. The highest BCUT2D eigenvalue weighted by Gasteiger charge is 2.29. The summed E-state index contributed by atoms with van der Waals surface area (Å²) in [6.07, 6.45) is 4.98. The Balaban J connectivity index is 1.44. The maximum Gasteiger partial charge on any atom is 0.326 e. The van der Waals surface area contributed by atoms with Crippen molar-refractivity contribution in [1.82, 2.24) is 14.5 Å². The molecule has 4 heteroatoms. The van der Waals surface area contributed by atoms with E-state index >= 15 is 0 Å². The van der Waals surface area contributed by atoms with Crippen molar-refractivity contribution in [3.8, 4) is 0 Å². The highest BCUT2D eigenvalue weighted by Crippen LogP contribution is 2.34. The Morgan fingerprint density at radius 3 is 2.64 bits per heavy atom. The lowest BCUT2D eigenvalue weighted by atomic mass is 9.76. The molecule has 0 unspecified atom stereocenters. The third-order valence-corrected chi connectivity index (χ3v) is 5.53. The van der Waals surface area contributed by atoms with E-state index in [1.165, 1.54) is 19.4 Å². The highest BCUT2D eigenvalue weighted by molar-refractivity contribution is 5.75. The fourth-order valence-corrected chi connectivity index (χ4v) is 4.38. The van der Waals surface area contributed by atoms with Crippen molar-refractivity contribution in [3.63, 3.8) is 0 Å². The second kappa shape index (κ2) is 5.58. The largest absolute Gasteiger partial charge is 0.326 e. The second-order valence-electron chi connectivity index (χ2n) is 7.29. The molecule has 2 fully saturated rings. The van der Waals surface area contributed by atoms with Gasteiger partial charge in [-0.3, -0.25) is 4.57 Å². The van der Waals surface area contributed by atoms with Gasteiger partial charge in [-0.15, -0.1) is 0 Å². The van der Waals surface area contributed by atoms with Gasteiger partial charge >= 0.3 is 5.69 Å². The molecule has 2 heterocycles. The van der Waals surface area contributed by atoms with E-state index in [1.54, 1.807) is 0 Å². The molecule has 1 aliphatic heterocycles. The first-order chi connectivity index (χ1) is 10.7. The molecule has 1 saturated carbocycles. The number of para-hydroxylation sites is 2. The van der Waals surface area contributed by atoms with E-state index in [1.807, 2.05) is 22.8 Å². The van der Waals surface area contributed by atoms with Gasteiger partial charge in [-0.1, -0.05) is 19.1 Å². The lowest BCUT2D eigenvalue weighted by molar-refractivity contribution is 0.106. The van der Waals surface area contributed by atoms with Gasteiger partial charge in [0.15, 0.2) is 0 Å². The van der Waals surface area contributed by atoms with E-state index in [9.17, 15) is 4.79 Å². The van der Waals surface area contributed by atoms with Crippen molar-refractivity contribution in [1.29, 1.82) is 0 Å². The van der Waals surface area contributed by atoms with Crippen molar-refractivity contribution in [3.05, 3.63) is 34.7 Å². The summed E-state index contributed by atoms with van der Waals surface area (Å²) in [5, 5.41) is 0. The molecule has 0 atom stereocenters. The maximum atomic E-state index is 12.3. The van der Waals surface area contributed by atoms with Gasteiger partial charge in [0, 0.05) is 25.7 Å². The predicted octanol–water partition coefficient (Wildman–Crippen LogP) is 3.01. The van der Waals surface area contributed by atoms with Crippen LogP contribution in [0.2, 0.25) is 0 Å². The molecule has 1 aromatic heterocycles. The molecule has 22 heavy (non-hydrogen) atoms. The first kappa shape index (κ1) is 14.1. The van der Waals surface area contributed by atoms with Gasteiger partial charge in [0.05, 0.1) is 11.0 Å². The predicted molar refractivity (Wildman–Crippen MR) is 89.2 cm³/mol. The molecule has 0 spiro atoms. The number of hydrogen-bond acceptors (Lipinski definition) is 2. The van der Waals surface area contributed by atoms with Crippen molar-refractivity contribution in [2.24, 2.45) is 11.8 Å². The Hall–Kier alpha value is -1.55. The molecule has 1 aliphatic carbocycles. The van der Waals surface area contributed by atoms with Gasteiger partial charge < -0.3 is 9.88 Å². The number of aromatic amines is 1. The van der Waals surface area contributed by atoms with Crippen LogP contribution in [0.4, 0.5) is 0 Å². The normalized spacial score (nSPS) is 27.1. The maximum absolute atomic E-state index is 12.3. The molecule has 0 bridgehead atoms. The number of rotatable bonds is 3. The van der Waals surface area contributed by atoms with Crippen molar-refractivity contribution in [2.75, 3.05) is 19.6 Å². The molecule has 1 aromatic carbocycles. The summed E-state index contributed by atoms with van der Waals surface area (Å²) in [5.41, 5.74) is 2.06. The standard InChI is InChI=1S/C18H25N3O/c1-13-10-14(11-13)12-20-8-6-15(7-9-20)21-17-5-3-2-4-16(17)19-18(21)22/h2-5,13-15H,6-12H2,1H3,(H,19,22). The minimum Gasteiger partial charge on any atom is -0.306 e. The molecule has 2 aliphatic rings. The summed E-state index contributed by atoms with van der Waals surface area (Å²) in [6, 6.07) is 8.37. The van der Waals surface area contributed by atoms with Crippen molar-refractivity contribution >= 4 is 11.0 Å². The van der Waals surface area contributed by atoms with Gasteiger partial charge in [0.2, 0.25) is 0 Å². The smallest absolute Gasteiger partial charge is 0.306 e. The van der Waals surface area contributed by atoms with Crippen LogP contribution < -0.4 is 5.69 Å². The molecule has 4 rings (SSSR count). The van der Waals surface area contributed by atoms with E-state index < -0.39 is 0 Å². The Bertz CT molecular complexity index is 702. The molecule has 4 nitrogen and oxygen atoms in total. The number of H-pyrrole nitrogens is 1. The molecule has 118 valence electrons. The number of benzene rings is 1. The van der Waals surface area contributed by atoms with E-state index in [0.29, 0.717) is 6.04 Å². The average molecular weight is 299 g/mol. The summed E-state index contributed by atoms with van der Waals surface area (Å²) in [7, 11) is 0. The third kappa shape index (κ3) is 2.50. The van der Waals surface area contributed by atoms with Gasteiger partial charge in [-0.25, -0.2) is 4.79 Å². The topological polar surface area (TPSA) is 41.0 Å². The Kier molecular flexibility index (Phi) is 3.57. The number of aromatic nitrogens is 2. The monoisotopic (exact) mass is 299 g/mol. The van der Waals surface area contributed by atoms with E-state index in [4.69, 9.17) is 0 Å². The fraction of sp³-hybridized carbons (Fsp3) is 0.611. The highest BCUT2D eigenvalue weighted by atomic mass is 16.1. The van der Waals surface area contributed by atoms with E-state index in [2.05, 4.69) is 22.9 Å². The quantitative estimate of drug-likeness (QED) is 0.946. The molecule has 0 radical (unpaired) electrons. The minimum absolute atomic E-state index is 0.0486. The molecule has 1 N–H and O–H groups in total. The molecular formula is C18H25N3O. The van der Waals surface area contributed by atoms with Crippen LogP contribution in [0.1, 0.15) is 38.6 Å². The number of nitrogens with zero attached hydrogens (tertiary/aromatic N) is 2. The number of piperidine rings is 1. The zero-order valence-electron chi connectivity index (χ0n) is 13.3. The van der Waals surface area contributed by atoms with Crippen LogP contribution in [0.25, 0.3) is 11.0 Å². The summed E-state index contributed by atoms with van der Waals surface area (Å²) in [6.45, 7) is 5.87. The van der Waals surface area contributed by atoms with Crippen LogP contribution in [0.5, 0.6) is 0 Å².